The quantitative estimate of drug-likeness (QED) is 0.853. The molecule has 2 aliphatic heterocycles. The molecule has 7 heteroatoms. The summed E-state index contributed by atoms with van der Waals surface area (Å²) in [5.41, 5.74) is 1.70. The lowest BCUT2D eigenvalue weighted by Crippen LogP contribution is -2.46. The van der Waals surface area contributed by atoms with Crippen LogP contribution >= 0.6 is 0 Å². The largest absolute Gasteiger partial charge is 0.454 e. The van der Waals surface area contributed by atoms with Crippen LogP contribution in [0, 0.1) is 5.92 Å². The van der Waals surface area contributed by atoms with E-state index in [1.807, 2.05) is 48.5 Å². The van der Waals surface area contributed by atoms with Gasteiger partial charge >= 0.3 is 6.03 Å². The van der Waals surface area contributed by atoms with Crippen LogP contribution in [0.4, 0.5) is 10.5 Å². The summed E-state index contributed by atoms with van der Waals surface area (Å²) in [6.07, 6.45) is 1.59. The van der Waals surface area contributed by atoms with Crippen molar-refractivity contribution in [3.63, 3.8) is 0 Å². The molecule has 3 amide bonds. The van der Waals surface area contributed by atoms with Crippen molar-refractivity contribution < 1.29 is 19.1 Å². The highest BCUT2D eigenvalue weighted by atomic mass is 16.7. The first-order chi connectivity index (χ1) is 13.7. The monoisotopic (exact) mass is 381 g/mol. The van der Waals surface area contributed by atoms with Gasteiger partial charge in [0.1, 0.15) is 0 Å². The Bertz CT molecular complexity index is 856. The number of hydrogen-bond acceptors (Lipinski definition) is 4. The third kappa shape index (κ3) is 4.19. The van der Waals surface area contributed by atoms with Crippen LogP contribution in [0.15, 0.2) is 48.5 Å². The number of carbonyl (C=O) groups excluding carboxylic acids is 2. The summed E-state index contributed by atoms with van der Waals surface area (Å²) < 4.78 is 10.7. The lowest BCUT2D eigenvalue weighted by atomic mass is 9.97. The van der Waals surface area contributed by atoms with E-state index in [2.05, 4.69) is 10.6 Å². The Morgan fingerprint density at radius 3 is 2.75 bits per heavy atom. The zero-order chi connectivity index (χ0) is 19.3. The van der Waals surface area contributed by atoms with E-state index in [0.29, 0.717) is 25.4 Å². The topological polar surface area (TPSA) is 79.9 Å². The van der Waals surface area contributed by atoms with Gasteiger partial charge in [0.05, 0.1) is 5.92 Å². The Balaban J connectivity index is 1.30. The van der Waals surface area contributed by atoms with Crippen molar-refractivity contribution >= 4 is 17.6 Å². The van der Waals surface area contributed by atoms with E-state index in [1.165, 1.54) is 0 Å². The Morgan fingerprint density at radius 2 is 1.89 bits per heavy atom. The minimum atomic E-state index is -0.204. The molecule has 146 valence electrons. The minimum absolute atomic E-state index is 0.0325. The number of ether oxygens (including phenoxy) is 2. The van der Waals surface area contributed by atoms with Crippen LogP contribution < -0.4 is 20.1 Å². The maximum absolute atomic E-state index is 12.6. The van der Waals surface area contributed by atoms with E-state index in [1.54, 1.807) is 4.90 Å². The standard InChI is InChI=1S/C21H23N3O4/c25-20(22-12-15-8-9-18-19(11-15)28-14-27-18)16-5-4-10-24(13-16)21(26)23-17-6-2-1-3-7-17/h1-3,6-9,11,16H,4-5,10,12-14H2,(H,22,25)(H,23,26)/t16-/m0/s1. The average molecular weight is 381 g/mol. The third-order valence-corrected chi connectivity index (χ3v) is 5.01. The highest BCUT2D eigenvalue weighted by Crippen LogP contribution is 2.32. The number of piperidine rings is 1. The molecule has 2 heterocycles. The summed E-state index contributed by atoms with van der Waals surface area (Å²) in [6, 6.07) is 14.8. The molecule has 2 aliphatic rings. The van der Waals surface area contributed by atoms with Gasteiger partial charge in [-0.15, -0.1) is 0 Å². The van der Waals surface area contributed by atoms with Crippen molar-refractivity contribution in [2.24, 2.45) is 5.92 Å². The van der Waals surface area contributed by atoms with Crippen LogP contribution in [0.2, 0.25) is 0 Å². The number of para-hydroxylation sites is 1. The lowest BCUT2D eigenvalue weighted by Gasteiger charge is -2.32. The first-order valence-corrected chi connectivity index (χ1v) is 9.46. The molecule has 0 radical (unpaired) electrons. The fourth-order valence-corrected chi connectivity index (χ4v) is 3.48. The molecule has 0 aliphatic carbocycles. The van der Waals surface area contributed by atoms with E-state index in [0.717, 1.165) is 29.8 Å². The van der Waals surface area contributed by atoms with Crippen LogP contribution in [0.25, 0.3) is 0 Å². The van der Waals surface area contributed by atoms with Gasteiger partial charge in [-0.25, -0.2) is 4.79 Å². The first kappa shape index (κ1) is 18.2. The molecule has 2 N–H and O–H groups in total. The minimum Gasteiger partial charge on any atom is -0.454 e. The Hall–Kier alpha value is -3.22. The van der Waals surface area contributed by atoms with E-state index in [9.17, 15) is 9.59 Å². The predicted octanol–water partition coefficient (Wildman–Crippen LogP) is 2.98. The van der Waals surface area contributed by atoms with Gasteiger partial charge in [-0.1, -0.05) is 24.3 Å². The summed E-state index contributed by atoms with van der Waals surface area (Å²) in [5, 5.41) is 5.86. The predicted molar refractivity (Wildman–Crippen MR) is 104 cm³/mol. The number of likely N-dealkylation sites (tertiary alicyclic amines) is 1. The van der Waals surface area contributed by atoms with E-state index >= 15 is 0 Å². The number of fused-ring (bicyclic) bond motifs is 1. The van der Waals surface area contributed by atoms with Crippen LogP contribution in [-0.2, 0) is 11.3 Å². The molecule has 2 aromatic rings. The summed E-state index contributed by atoms with van der Waals surface area (Å²) in [4.78, 5) is 26.8. The van der Waals surface area contributed by atoms with E-state index in [-0.39, 0.29) is 24.6 Å². The molecule has 1 atom stereocenters. The molecule has 0 aromatic heterocycles. The van der Waals surface area contributed by atoms with Gasteiger partial charge in [-0.3, -0.25) is 4.79 Å². The van der Waals surface area contributed by atoms with Crippen molar-refractivity contribution in [3.8, 4) is 11.5 Å². The van der Waals surface area contributed by atoms with E-state index in [4.69, 9.17) is 9.47 Å². The number of hydrogen-bond donors (Lipinski definition) is 2. The molecule has 4 rings (SSSR count). The van der Waals surface area contributed by atoms with Crippen LogP contribution in [0.1, 0.15) is 18.4 Å². The smallest absolute Gasteiger partial charge is 0.321 e. The maximum atomic E-state index is 12.6. The first-order valence-electron chi connectivity index (χ1n) is 9.46. The van der Waals surface area contributed by atoms with Gasteiger partial charge in [-0.05, 0) is 42.7 Å². The van der Waals surface area contributed by atoms with Gasteiger partial charge in [0, 0.05) is 25.3 Å². The number of anilines is 1. The van der Waals surface area contributed by atoms with Crippen LogP contribution in [-0.4, -0.2) is 36.7 Å². The summed E-state index contributed by atoms with van der Waals surface area (Å²) >= 11 is 0. The molecule has 0 saturated carbocycles. The Kier molecular flexibility index (Phi) is 5.32. The van der Waals surface area contributed by atoms with Gasteiger partial charge in [0.15, 0.2) is 11.5 Å². The molecule has 7 nitrogen and oxygen atoms in total. The SMILES string of the molecule is O=C(NCc1ccc2c(c1)OCO2)[C@H]1CCCN(C(=O)Nc2ccccc2)C1. The van der Waals surface area contributed by atoms with Crippen molar-refractivity contribution in [1.29, 1.82) is 0 Å². The van der Waals surface area contributed by atoms with Crippen LogP contribution in [0.5, 0.6) is 11.5 Å². The second-order valence-corrected chi connectivity index (χ2v) is 6.99. The Labute approximate surface area is 163 Å². The zero-order valence-electron chi connectivity index (χ0n) is 15.5. The molecule has 1 fully saturated rings. The summed E-state index contributed by atoms with van der Waals surface area (Å²) in [7, 11) is 0. The fraction of sp³-hybridized carbons (Fsp3) is 0.333. The molecule has 0 spiro atoms. The zero-order valence-corrected chi connectivity index (χ0v) is 15.5. The highest BCUT2D eigenvalue weighted by Gasteiger charge is 2.28. The number of benzene rings is 2. The maximum Gasteiger partial charge on any atom is 0.321 e. The number of carbonyl (C=O) groups is 2. The van der Waals surface area contributed by atoms with Gasteiger partial charge in [-0.2, -0.15) is 0 Å². The van der Waals surface area contributed by atoms with Crippen molar-refractivity contribution in [2.45, 2.75) is 19.4 Å². The van der Waals surface area contributed by atoms with Crippen molar-refractivity contribution in [1.82, 2.24) is 10.2 Å². The number of amides is 3. The normalized spacial score (nSPS) is 17.9. The molecule has 28 heavy (non-hydrogen) atoms. The number of urea groups is 1. The Morgan fingerprint density at radius 1 is 1.07 bits per heavy atom. The van der Waals surface area contributed by atoms with Crippen molar-refractivity contribution in [2.75, 3.05) is 25.2 Å². The van der Waals surface area contributed by atoms with Crippen LogP contribution in [0.3, 0.4) is 0 Å². The summed E-state index contributed by atoms with van der Waals surface area (Å²) in [6.45, 7) is 1.73. The molecular formula is C21H23N3O4. The third-order valence-electron chi connectivity index (χ3n) is 5.01. The van der Waals surface area contributed by atoms with Gasteiger partial charge < -0.3 is 25.0 Å². The second-order valence-electron chi connectivity index (χ2n) is 6.99. The molecule has 1 saturated heterocycles. The highest BCUT2D eigenvalue weighted by molar-refractivity contribution is 5.90. The average Bonchev–Trinajstić information content (AvgIpc) is 3.20. The van der Waals surface area contributed by atoms with Gasteiger partial charge in [0.2, 0.25) is 12.7 Å². The lowest BCUT2D eigenvalue weighted by molar-refractivity contribution is -0.126. The molecule has 0 unspecified atom stereocenters. The fourth-order valence-electron chi connectivity index (χ4n) is 3.48. The van der Waals surface area contributed by atoms with E-state index < -0.39 is 0 Å². The number of nitrogens with one attached hydrogen (secondary N) is 2. The second kappa shape index (κ2) is 8.21. The van der Waals surface area contributed by atoms with Gasteiger partial charge in [0.25, 0.3) is 0 Å². The number of rotatable bonds is 4. The number of nitrogens with zero attached hydrogens (tertiary/aromatic N) is 1. The molecule has 2 aromatic carbocycles. The molecule has 0 bridgehead atoms. The summed E-state index contributed by atoms with van der Waals surface area (Å²) in [5.74, 6) is 1.19. The molecular weight excluding hydrogens is 358 g/mol. The van der Waals surface area contributed by atoms with Crippen molar-refractivity contribution in [3.05, 3.63) is 54.1 Å².